The Hall–Kier alpha value is -1.78. The lowest BCUT2D eigenvalue weighted by Gasteiger charge is -2.32. The molecule has 4 heteroatoms. The third-order valence-electron chi connectivity index (χ3n) is 3.72. The number of benzene rings is 1. The van der Waals surface area contributed by atoms with Crippen LogP contribution >= 0.6 is 0 Å². The van der Waals surface area contributed by atoms with Gasteiger partial charge in [0.1, 0.15) is 5.82 Å². The molecule has 0 spiro atoms. The molecule has 112 valence electrons. The molecular weight excluding hydrogens is 265 g/mol. The summed E-state index contributed by atoms with van der Waals surface area (Å²) in [6.45, 7) is 2.73. The Labute approximate surface area is 125 Å². The first-order valence-corrected chi connectivity index (χ1v) is 7.22. The molecule has 21 heavy (non-hydrogen) atoms. The van der Waals surface area contributed by atoms with Crippen LogP contribution in [0, 0.1) is 5.82 Å². The van der Waals surface area contributed by atoms with E-state index in [1.54, 1.807) is 24.5 Å². The Morgan fingerprint density at radius 3 is 2.57 bits per heavy atom. The number of nitrogens with two attached hydrogens (primary N) is 1. The molecule has 2 N–H and O–H groups in total. The van der Waals surface area contributed by atoms with Gasteiger partial charge in [0, 0.05) is 25.0 Å². The molecule has 1 aromatic heterocycles. The van der Waals surface area contributed by atoms with Crippen molar-refractivity contribution >= 4 is 0 Å². The number of hydrogen-bond acceptors (Lipinski definition) is 3. The molecule has 2 unspecified atom stereocenters. The fourth-order valence-electron chi connectivity index (χ4n) is 2.63. The smallest absolute Gasteiger partial charge is 0.123 e. The van der Waals surface area contributed by atoms with Crippen LogP contribution in [0.2, 0.25) is 0 Å². The number of likely N-dealkylation sites (N-methyl/N-ethyl adjacent to an activating group) is 1. The summed E-state index contributed by atoms with van der Waals surface area (Å²) < 4.78 is 13.3. The molecule has 1 heterocycles. The van der Waals surface area contributed by atoms with Crippen LogP contribution in [0.4, 0.5) is 4.39 Å². The molecule has 1 aromatic carbocycles. The zero-order valence-corrected chi connectivity index (χ0v) is 12.5. The highest BCUT2D eigenvalue weighted by atomic mass is 19.1. The summed E-state index contributed by atoms with van der Waals surface area (Å²) in [7, 11) is 2.02. The minimum atomic E-state index is -0.207. The number of aromatic nitrogens is 1. The average Bonchev–Trinajstić information content (AvgIpc) is 2.48. The average molecular weight is 287 g/mol. The van der Waals surface area contributed by atoms with Gasteiger partial charge < -0.3 is 5.73 Å². The molecule has 3 nitrogen and oxygen atoms in total. The third kappa shape index (κ3) is 4.09. The van der Waals surface area contributed by atoms with Crippen molar-refractivity contribution in [2.45, 2.75) is 32.0 Å². The standard InChI is InChI=1S/C17H22FN3/c1-3-16(19)17(14-7-9-20-10-8-14)21(2)12-13-5-4-6-15(18)11-13/h4-11,16-17H,3,12,19H2,1-2H3. The number of hydrogen-bond donors (Lipinski definition) is 1. The topological polar surface area (TPSA) is 42.1 Å². The van der Waals surface area contributed by atoms with E-state index in [1.165, 1.54) is 6.07 Å². The van der Waals surface area contributed by atoms with Gasteiger partial charge in [0.15, 0.2) is 0 Å². The lowest BCUT2D eigenvalue weighted by Crippen LogP contribution is -2.38. The van der Waals surface area contributed by atoms with E-state index in [-0.39, 0.29) is 17.9 Å². The molecule has 0 fully saturated rings. The minimum absolute atomic E-state index is 0.0194. The second-order valence-electron chi connectivity index (χ2n) is 5.34. The van der Waals surface area contributed by atoms with Gasteiger partial charge in [-0.1, -0.05) is 19.1 Å². The van der Waals surface area contributed by atoms with Gasteiger partial charge in [0.25, 0.3) is 0 Å². The van der Waals surface area contributed by atoms with Gasteiger partial charge in [-0.2, -0.15) is 0 Å². The molecule has 0 bridgehead atoms. The molecule has 0 radical (unpaired) electrons. The lowest BCUT2D eigenvalue weighted by molar-refractivity contribution is 0.201. The van der Waals surface area contributed by atoms with Gasteiger partial charge in [-0.05, 0) is 48.9 Å². The van der Waals surface area contributed by atoms with Crippen LogP contribution in [0.5, 0.6) is 0 Å². The molecule has 0 saturated carbocycles. The van der Waals surface area contributed by atoms with Crippen LogP contribution in [-0.4, -0.2) is 23.0 Å². The molecule has 0 amide bonds. The van der Waals surface area contributed by atoms with Crippen LogP contribution in [-0.2, 0) is 6.54 Å². The van der Waals surface area contributed by atoms with Crippen LogP contribution in [0.15, 0.2) is 48.8 Å². The van der Waals surface area contributed by atoms with E-state index in [0.717, 1.165) is 17.5 Å². The molecular formula is C17H22FN3. The van der Waals surface area contributed by atoms with Gasteiger partial charge >= 0.3 is 0 Å². The zero-order valence-electron chi connectivity index (χ0n) is 12.5. The first kappa shape index (κ1) is 15.6. The first-order valence-electron chi connectivity index (χ1n) is 7.22. The van der Waals surface area contributed by atoms with Crippen LogP contribution in [0.3, 0.4) is 0 Å². The summed E-state index contributed by atoms with van der Waals surface area (Å²) in [6, 6.07) is 10.8. The first-order chi connectivity index (χ1) is 10.1. The Morgan fingerprint density at radius 2 is 1.95 bits per heavy atom. The molecule has 0 saturated heterocycles. The minimum Gasteiger partial charge on any atom is -0.326 e. The van der Waals surface area contributed by atoms with E-state index < -0.39 is 0 Å². The van der Waals surface area contributed by atoms with E-state index in [4.69, 9.17) is 5.73 Å². The SMILES string of the molecule is CCC(N)C(c1ccncc1)N(C)Cc1cccc(F)c1. The van der Waals surface area contributed by atoms with E-state index >= 15 is 0 Å². The number of nitrogens with zero attached hydrogens (tertiary/aromatic N) is 2. The molecule has 2 atom stereocenters. The van der Waals surface area contributed by atoms with Gasteiger partial charge in [-0.15, -0.1) is 0 Å². The molecule has 2 rings (SSSR count). The maximum atomic E-state index is 13.3. The van der Waals surface area contributed by atoms with Crippen molar-refractivity contribution in [3.63, 3.8) is 0 Å². The van der Waals surface area contributed by atoms with Crippen LogP contribution in [0.1, 0.15) is 30.5 Å². The van der Waals surface area contributed by atoms with E-state index in [2.05, 4.69) is 16.8 Å². The maximum Gasteiger partial charge on any atom is 0.123 e. The van der Waals surface area contributed by atoms with Gasteiger partial charge in [-0.25, -0.2) is 4.39 Å². The predicted octanol–water partition coefficient (Wildman–Crippen LogP) is 3.13. The van der Waals surface area contributed by atoms with Gasteiger partial charge in [-0.3, -0.25) is 9.88 Å². The van der Waals surface area contributed by atoms with Crippen molar-refractivity contribution in [3.8, 4) is 0 Å². The normalized spacial score (nSPS) is 14.1. The summed E-state index contributed by atoms with van der Waals surface area (Å²) in [5, 5.41) is 0. The fourth-order valence-corrected chi connectivity index (χ4v) is 2.63. The van der Waals surface area contributed by atoms with E-state index in [1.807, 2.05) is 25.2 Å². The third-order valence-corrected chi connectivity index (χ3v) is 3.72. The van der Waals surface area contributed by atoms with Crippen molar-refractivity contribution in [1.29, 1.82) is 0 Å². The zero-order chi connectivity index (χ0) is 15.2. The van der Waals surface area contributed by atoms with Gasteiger partial charge in [0.2, 0.25) is 0 Å². The summed E-state index contributed by atoms with van der Waals surface area (Å²) in [5.74, 6) is -0.207. The largest absolute Gasteiger partial charge is 0.326 e. The van der Waals surface area contributed by atoms with Crippen LogP contribution < -0.4 is 5.73 Å². The summed E-state index contributed by atoms with van der Waals surface area (Å²) in [6.07, 6.45) is 4.43. The van der Waals surface area contributed by atoms with Crippen LogP contribution in [0.25, 0.3) is 0 Å². The Morgan fingerprint density at radius 1 is 1.24 bits per heavy atom. The van der Waals surface area contributed by atoms with Crippen molar-refractivity contribution < 1.29 is 4.39 Å². The molecule has 0 aliphatic rings. The van der Waals surface area contributed by atoms with Crippen molar-refractivity contribution in [3.05, 3.63) is 65.7 Å². The quantitative estimate of drug-likeness (QED) is 0.887. The molecule has 0 aliphatic heterocycles. The fraction of sp³-hybridized carbons (Fsp3) is 0.353. The van der Waals surface area contributed by atoms with E-state index in [9.17, 15) is 4.39 Å². The van der Waals surface area contributed by atoms with Crippen molar-refractivity contribution in [2.24, 2.45) is 5.73 Å². The predicted molar refractivity (Wildman–Crippen MR) is 83.1 cm³/mol. The highest BCUT2D eigenvalue weighted by Gasteiger charge is 2.23. The molecule has 0 aliphatic carbocycles. The second kappa shape index (κ2) is 7.29. The Balaban J connectivity index is 2.20. The van der Waals surface area contributed by atoms with E-state index in [0.29, 0.717) is 6.54 Å². The molecule has 2 aromatic rings. The Kier molecular flexibility index (Phi) is 5.42. The van der Waals surface area contributed by atoms with Crippen molar-refractivity contribution in [1.82, 2.24) is 9.88 Å². The van der Waals surface area contributed by atoms with Crippen molar-refractivity contribution in [2.75, 3.05) is 7.05 Å². The number of pyridine rings is 1. The maximum absolute atomic E-state index is 13.3. The second-order valence-corrected chi connectivity index (χ2v) is 5.34. The summed E-state index contributed by atoms with van der Waals surface area (Å²) in [5.41, 5.74) is 8.38. The highest BCUT2D eigenvalue weighted by Crippen LogP contribution is 2.25. The summed E-state index contributed by atoms with van der Waals surface area (Å²) >= 11 is 0. The summed E-state index contributed by atoms with van der Waals surface area (Å²) in [4.78, 5) is 6.22. The monoisotopic (exact) mass is 287 g/mol. The number of rotatable bonds is 6. The Bertz CT molecular complexity index is 559. The highest BCUT2D eigenvalue weighted by molar-refractivity contribution is 5.20. The van der Waals surface area contributed by atoms with Gasteiger partial charge in [0.05, 0.1) is 6.04 Å². The lowest BCUT2D eigenvalue weighted by atomic mass is 9.97. The number of halogens is 1.